The quantitative estimate of drug-likeness (QED) is 0.803. The number of rotatable bonds is 5. The molecule has 0 aliphatic carbocycles. The van der Waals surface area contributed by atoms with Crippen LogP contribution < -0.4 is 0 Å². The molecule has 2 aromatic rings. The molecule has 140 valence electrons. The molecule has 12 heteroatoms. The number of aromatic amines is 1. The zero-order chi connectivity index (χ0) is 19.0. The number of hydrogen-bond acceptors (Lipinski definition) is 2. The lowest BCUT2D eigenvalue weighted by atomic mass is 10.2. The molecule has 2 rings (SSSR count). The number of aryl methyl sites for hydroxylation is 1. The van der Waals surface area contributed by atoms with Gasteiger partial charge in [-0.1, -0.05) is 6.92 Å². The summed E-state index contributed by atoms with van der Waals surface area (Å²) in [5, 5.41) is 8.86. The minimum Gasteiger partial charge on any atom is -0.282 e. The minimum atomic E-state index is -5.83. The Hall–Kier alpha value is -2.14. The average molecular weight is 376 g/mol. The molecule has 25 heavy (non-hydrogen) atoms. The number of nitrogens with one attached hydrogen (secondary N) is 1. The molecule has 0 unspecified atom stereocenters. The molecule has 0 saturated heterocycles. The third-order valence-corrected chi connectivity index (χ3v) is 3.41. The number of nitrogens with zero attached hydrogens (tertiary/aromatic N) is 3. The van der Waals surface area contributed by atoms with Crippen LogP contribution in [0.1, 0.15) is 29.6 Å². The summed E-state index contributed by atoms with van der Waals surface area (Å²) >= 11 is 0. The van der Waals surface area contributed by atoms with Gasteiger partial charge in [0.2, 0.25) is 0 Å². The molecule has 2 heterocycles. The highest BCUT2D eigenvalue weighted by atomic mass is 19.4. The van der Waals surface area contributed by atoms with Crippen molar-refractivity contribution in [3.05, 3.63) is 34.9 Å². The highest BCUT2D eigenvalue weighted by Crippen LogP contribution is 2.43. The van der Waals surface area contributed by atoms with Crippen molar-refractivity contribution in [1.82, 2.24) is 20.0 Å². The van der Waals surface area contributed by atoms with Gasteiger partial charge in [0.15, 0.2) is 0 Å². The third-order valence-electron chi connectivity index (χ3n) is 3.41. The third kappa shape index (κ3) is 4.10. The van der Waals surface area contributed by atoms with Crippen molar-refractivity contribution in [2.45, 2.75) is 44.6 Å². The molecular weight excluding hydrogens is 364 g/mol. The summed E-state index contributed by atoms with van der Waals surface area (Å²) < 4.78 is 102. The van der Waals surface area contributed by atoms with E-state index >= 15 is 0 Å². The molecule has 0 bridgehead atoms. The van der Waals surface area contributed by atoms with Crippen LogP contribution >= 0.6 is 0 Å². The highest BCUT2D eigenvalue weighted by molar-refractivity contribution is 5.21. The van der Waals surface area contributed by atoms with Crippen LogP contribution in [-0.4, -0.2) is 32.3 Å². The summed E-state index contributed by atoms with van der Waals surface area (Å²) in [6, 6.07) is 0.594. The Balaban J connectivity index is 2.35. The number of H-pyrrole nitrogens is 1. The lowest BCUT2D eigenvalue weighted by Gasteiger charge is -2.16. The van der Waals surface area contributed by atoms with Gasteiger partial charge in [-0.05, 0) is 12.5 Å². The summed E-state index contributed by atoms with van der Waals surface area (Å²) in [5.41, 5.74) is -1.79. The Bertz CT molecular complexity index is 725. The van der Waals surface area contributed by atoms with Gasteiger partial charge < -0.3 is 0 Å². The monoisotopic (exact) mass is 376 g/mol. The predicted octanol–water partition coefficient (Wildman–Crippen LogP) is 3.98. The molecule has 0 aliphatic heterocycles. The van der Waals surface area contributed by atoms with Gasteiger partial charge in [0, 0.05) is 17.0 Å². The van der Waals surface area contributed by atoms with E-state index in [1.165, 1.54) is 6.92 Å². The van der Waals surface area contributed by atoms with Crippen molar-refractivity contribution in [2.75, 3.05) is 0 Å². The lowest BCUT2D eigenvalue weighted by Crippen LogP contribution is -2.34. The smallest absolute Gasteiger partial charge is 0.282 e. The van der Waals surface area contributed by atoms with Crippen LogP contribution in [0.3, 0.4) is 0 Å². The van der Waals surface area contributed by atoms with E-state index in [0.29, 0.717) is 6.07 Å². The van der Waals surface area contributed by atoms with Gasteiger partial charge >= 0.3 is 18.3 Å². The topological polar surface area (TPSA) is 46.5 Å². The number of halogens is 8. The minimum absolute atomic E-state index is 0.00278. The Labute approximate surface area is 135 Å². The van der Waals surface area contributed by atoms with Crippen LogP contribution in [0, 0.1) is 0 Å². The predicted molar refractivity (Wildman–Crippen MR) is 69.0 cm³/mol. The van der Waals surface area contributed by atoms with Crippen molar-refractivity contribution in [2.24, 2.45) is 0 Å². The van der Waals surface area contributed by atoms with Gasteiger partial charge in [0.1, 0.15) is 5.69 Å². The summed E-state index contributed by atoms with van der Waals surface area (Å²) in [6.07, 6.45) is -10.6. The maximum absolute atomic E-state index is 13.4. The second-order valence-corrected chi connectivity index (χ2v) is 5.27. The van der Waals surface area contributed by atoms with Crippen molar-refractivity contribution < 1.29 is 35.1 Å². The Morgan fingerprint density at radius 1 is 1.08 bits per heavy atom. The molecule has 0 aromatic carbocycles. The zero-order valence-electron chi connectivity index (χ0n) is 12.6. The first-order chi connectivity index (χ1) is 11.3. The van der Waals surface area contributed by atoms with Crippen LogP contribution in [0.2, 0.25) is 0 Å². The summed E-state index contributed by atoms with van der Waals surface area (Å²) in [7, 11) is 0. The largest absolute Gasteiger partial charge is 0.459 e. The SMILES string of the molecule is CCc1cc(C(F)(F)C(F)(F)F)nn1Cc1cn[nH]c1CC(F)(F)F. The molecule has 0 radical (unpaired) electrons. The summed E-state index contributed by atoms with van der Waals surface area (Å²) in [4.78, 5) is 0. The summed E-state index contributed by atoms with van der Waals surface area (Å²) in [5.74, 6) is -5.16. The molecule has 0 saturated carbocycles. The molecule has 0 aliphatic rings. The lowest BCUT2D eigenvalue weighted by molar-refractivity contribution is -0.291. The van der Waals surface area contributed by atoms with E-state index in [1.54, 1.807) is 0 Å². The van der Waals surface area contributed by atoms with E-state index in [-0.39, 0.29) is 23.4 Å². The molecule has 0 fully saturated rings. The van der Waals surface area contributed by atoms with Crippen LogP contribution in [0.4, 0.5) is 35.1 Å². The van der Waals surface area contributed by atoms with E-state index in [2.05, 4.69) is 15.3 Å². The number of aromatic nitrogens is 4. The van der Waals surface area contributed by atoms with E-state index in [4.69, 9.17) is 0 Å². The molecule has 1 N–H and O–H groups in total. The molecule has 2 aromatic heterocycles. The maximum Gasteiger partial charge on any atom is 0.459 e. The van der Waals surface area contributed by atoms with Gasteiger partial charge in [-0.3, -0.25) is 9.78 Å². The molecule has 0 atom stereocenters. The highest BCUT2D eigenvalue weighted by Gasteiger charge is 2.60. The summed E-state index contributed by atoms with van der Waals surface area (Å²) in [6.45, 7) is 1.08. The van der Waals surface area contributed by atoms with Crippen LogP contribution in [0.25, 0.3) is 0 Å². The first kappa shape index (κ1) is 19.2. The van der Waals surface area contributed by atoms with Gasteiger partial charge in [-0.2, -0.15) is 45.3 Å². The van der Waals surface area contributed by atoms with Gasteiger partial charge in [0.05, 0.1) is 19.2 Å². The first-order valence-electron chi connectivity index (χ1n) is 6.94. The number of alkyl halides is 8. The zero-order valence-corrected chi connectivity index (χ0v) is 12.6. The van der Waals surface area contributed by atoms with Gasteiger partial charge in [0.25, 0.3) is 0 Å². The van der Waals surface area contributed by atoms with Crippen molar-refractivity contribution in [1.29, 1.82) is 0 Å². The van der Waals surface area contributed by atoms with Crippen LogP contribution in [0.5, 0.6) is 0 Å². The van der Waals surface area contributed by atoms with E-state index in [0.717, 1.165) is 10.9 Å². The fourth-order valence-corrected chi connectivity index (χ4v) is 2.16. The normalized spacial score (nSPS) is 13.5. The van der Waals surface area contributed by atoms with E-state index in [1.807, 2.05) is 0 Å². The average Bonchev–Trinajstić information content (AvgIpc) is 3.04. The van der Waals surface area contributed by atoms with Gasteiger partial charge in [-0.15, -0.1) is 0 Å². The van der Waals surface area contributed by atoms with Crippen molar-refractivity contribution in [3.8, 4) is 0 Å². The fraction of sp³-hybridized carbons (Fsp3) is 0.538. The number of hydrogen-bond donors (Lipinski definition) is 1. The van der Waals surface area contributed by atoms with Crippen LogP contribution in [0.15, 0.2) is 12.3 Å². The maximum atomic E-state index is 13.4. The molecule has 0 amide bonds. The second kappa shape index (κ2) is 6.30. The second-order valence-electron chi connectivity index (χ2n) is 5.27. The Morgan fingerprint density at radius 3 is 2.24 bits per heavy atom. The Kier molecular flexibility index (Phi) is 4.83. The van der Waals surface area contributed by atoms with Crippen molar-refractivity contribution >= 4 is 0 Å². The fourth-order valence-electron chi connectivity index (χ4n) is 2.16. The Morgan fingerprint density at radius 2 is 1.72 bits per heavy atom. The van der Waals surface area contributed by atoms with E-state index < -0.39 is 36.9 Å². The van der Waals surface area contributed by atoms with Crippen molar-refractivity contribution in [3.63, 3.8) is 0 Å². The van der Waals surface area contributed by atoms with Gasteiger partial charge in [-0.25, -0.2) is 0 Å². The molecule has 0 spiro atoms. The molecule has 4 nitrogen and oxygen atoms in total. The standard InChI is InChI=1S/C13H12F8N4/c1-2-8-3-10(12(17,18)13(19,20)21)24-25(8)6-7-5-22-23-9(7)4-11(14,15)16/h3,5H,2,4,6H2,1H3,(H,22,23). The first-order valence-corrected chi connectivity index (χ1v) is 6.94. The van der Waals surface area contributed by atoms with Crippen LogP contribution in [-0.2, 0) is 25.3 Å². The van der Waals surface area contributed by atoms with E-state index in [9.17, 15) is 35.1 Å². The molecular formula is C13H12F8N4.